The average molecular weight is 338 g/mol. The fourth-order valence-electron chi connectivity index (χ4n) is 3.56. The molecule has 1 saturated heterocycles. The van der Waals surface area contributed by atoms with Gasteiger partial charge in [0.25, 0.3) is 0 Å². The first-order valence-corrected chi connectivity index (χ1v) is 8.66. The van der Waals surface area contributed by atoms with E-state index in [0.29, 0.717) is 5.82 Å². The van der Waals surface area contributed by atoms with E-state index in [-0.39, 0.29) is 12.5 Å². The van der Waals surface area contributed by atoms with E-state index in [9.17, 15) is 5.11 Å². The number of fused-ring (bicyclic) bond motifs is 1. The first kappa shape index (κ1) is 16.0. The van der Waals surface area contributed by atoms with Gasteiger partial charge in [0.2, 0.25) is 0 Å². The molecule has 1 aliphatic rings. The van der Waals surface area contributed by atoms with Crippen LogP contribution in [0.3, 0.4) is 0 Å². The molecule has 0 aliphatic carbocycles. The highest BCUT2D eigenvalue weighted by atomic mass is 16.3. The van der Waals surface area contributed by atoms with Crippen molar-refractivity contribution in [3.8, 4) is 11.5 Å². The van der Waals surface area contributed by atoms with Crippen molar-refractivity contribution in [2.75, 3.05) is 24.6 Å². The van der Waals surface area contributed by atoms with E-state index < -0.39 is 0 Å². The third kappa shape index (κ3) is 2.84. The number of anilines is 1. The van der Waals surface area contributed by atoms with E-state index >= 15 is 0 Å². The smallest absolute Gasteiger partial charge is 0.182 e. The molecule has 0 bridgehead atoms. The van der Waals surface area contributed by atoms with Gasteiger partial charge in [0.05, 0.1) is 11.1 Å². The molecule has 1 N–H and O–H groups in total. The number of piperidine rings is 1. The lowest BCUT2D eigenvalue weighted by Gasteiger charge is -2.33. The molecule has 0 spiro atoms. The van der Waals surface area contributed by atoms with Crippen LogP contribution in [0.25, 0.3) is 22.6 Å². The summed E-state index contributed by atoms with van der Waals surface area (Å²) in [6.45, 7) is 3.93. The lowest BCUT2D eigenvalue weighted by Crippen LogP contribution is -2.37. The molecular formula is C18H22N6O. The van der Waals surface area contributed by atoms with Crippen LogP contribution in [-0.2, 0) is 7.05 Å². The average Bonchev–Trinajstić information content (AvgIpc) is 2.96. The van der Waals surface area contributed by atoms with Crippen LogP contribution in [0.4, 0.5) is 5.82 Å². The number of aryl methyl sites for hydroxylation is 2. The summed E-state index contributed by atoms with van der Waals surface area (Å²) in [4.78, 5) is 16.2. The quantitative estimate of drug-likeness (QED) is 0.786. The fraction of sp³-hybridized carbons (Fsp3) is 0.444. The zero-order valence-corrected chi connectivity index (χ0v) is 14.6. The predicted octanol–water partition coefficient (Wildman–Crippen LogP) is 1.94. The maximum Gasteiger partial charge on any atom is 0.182 e. The van der Waals surface area contributed by atoms with Crippen LogP contribution < -0.4 is 4.90 Å². The van der Waals surface area contributed by atoms with E-state index in [0.717, 1.165) is 54.2 Å². The Balaban J connectivity index is 1.89. The first-order valence-electron chi connectivity index (χ1n) is 8.66. The second kappa shape index (κ2) is 6.40. The predicted molar refractivity (Wildman–Crippen MR) is 96.3 cm³/mol. The fourth-order valence-corrected chi connectivity index (χ4v) is 3.56. The number of rotatable bonds is 3. The summed E-state index contributed by atoms with van der Waals surface area (Å²) in [5.74, 6) is 1.79. The molecule has 4 heterocycles. The highest BCUT2D eigenvalue weighted by Gasteiger charge is 2.25. The maximum atomic E-state index is 9.57. The minimum atomic E-state index is 0.212. The topological polar surface area (TPSA) is 80.0 Å². The second-order valence-corrected chi connectivity index (χ2v) is 6.63. The third-order valence-corrected chi connectivity index (χ3v) is 4.81. The Hall–Kier alpha value is -2.54. The number of aliphatic hydroxyl groups is 1. The summed E-state index contributed by atoms with van der Waals surface area (Å²) >= 11 is 0. The zero-order chi connectivity index (χ0) is 17.4. The summed E-state index contributed by atoms with van der Waals surface area (Å²) in [6, 6.07) is 5.74. The lowest BCUT2D eigenvalue weighted by atomic mass is 9.99. The SMILES string of the molecule is Cc1nn(C)c2nc(-c3ccccn3)nc(N3CCCC(CO)C3)c12. The van der Waals surface area contributed by atoms with Gasteiger partial charge in [-0.25, -0.2) is 9.97 Å². The largest absolute Gasteiger partial charge is 0.396 e. The molecule has 1 aliphatic heterocycles. The zero-order valence-electron chi connectivity index (χ0n) is 14.6. The van der Waals surface area contributed by atoms with Gasteiger partial charge in [0.1, 0.15) is 11.5 Å². The molecule has 130 valence electrons. The van der Waals surface area contributed by atoms with Crippen LogP contribution in [0.1, 0.15) is 18.5 Å². The minimum Gasteiger partial charge on any atom is -0.396 e. The van der Waals surface area contributed by atoms with Gasteiger partial charge in [-0.2, -0.15) is 5.10 Å². The van der Waals surface area contributed by atoms with E-state index in [1.807, 2.05) is 32.2 Å². The molecule has 1 fully saturated rings. The Kier molecular flexibility index (Phi) is 4.09. The van der Waals surface area contributed by atoms with Crippen molar-refractivity contribution in [3.63, 3.8) is 0 Å². The van der Waals surface area contributed by atoms with Crippen LogP contribution in [0, 0.1) is 12.8 Å². The van der Waals surface area contributed by atoms with Gasteiger partial charge in [-0.3, -0.25) is 9.67 Å². The van der Waals surface area contributed by atoms with Gasteiger partial charge in [-0.1, -0.05) is 6.07 Å². The third-order valence-electron chi connectivity index (χ3n) is 4.81. The van der Waals surface area contributed by atoms with E-state index in [1.54, 1.807) is 10.9 Å². The molecule has 7 heteroatoms. The van der Waals surface area contributed by atoms with Crippen molar-refractivity contribution >= 4 is 16.9 Å². The van der Waals surface area contributed by atoms with E-state index in [2.05, 4.69) is 15.0 Å². The molecule has 0 saturated carbocycles. The molecule has 0 radical (unpaired) electrons. The molecule has 7 nitrogen and oxygen atoms in total. The van der Waals surface area contributed by atoms with Gasteiger partial charge < -0.3 is 10.0 Å². The van der Waals surface area contributed by atoms with Crippen LogP contribution in [-0.4, -0.2) is 49.5 Å². The summed E-state index contributed by atoms with van der Waals surface area (Å²) in [6.07, 6.45) is 3.86. The number of nitrogens with zero attached hydrogens (tertiary/aromatic N) is 6. The van der Waals surface area contributed by atoms with Crippen LogP contribution >= 0.6 is 0 Å². The Labute approximate surface area is 146 Å². The van der Waals surface area contributed by atoms with Crippen LogP contribution in [0.15, 0.2) is 24.4 Å². The van der Waals surface area contributed by atoms with Crippen molar-refractivity contribution in [1.29, 1.82) is 0 Å². The standard InChI is InChI=1S/C18H22N6O/c1-12-15-17(23(2)22-12)20-16(14-7-3-4-8-19-14)21-18(15)24-9-5-6-13(10-24)11-25/h3-4,7-8,13,25H,5-6,9-11H2,1-2H3. The van der Waals surface area contributed by atoms with Crippen molar-refractivity contribution in [2.24, 2.45) is 13.0 Å². The number of hydrogen-bond acceptors (Lipinski definition) is 6. The monoisotopic (exact) mass is 338 g/mol. The molecule has 0 aromatic carbocycles. The lowest BCUT2D eigenvalue weighted by molar-refractivity contribution is 0.208. The molecule has 3 aromatic rings. The summed E-state index contributed by atoms with van der Waals surface area (Å²) < 4.78 is 1.80. The first-order chi connectivity index (χ1) is 12.2. The van der Waals surface area contributed by atoms with Crippen LogP contribution in [0.2, 0.25) is 0 Å². The Morgan fingerprint density at radius 2 is 2.16 bits per heavy atom. The van der Waals surface area contributed by atoms with E-state index in [4.69, 9.17) is 9.97 Å². The Morgan fingerprint density at radius 3 is 2.92 bits per heavy atom. The van der Waals surface area contributed by atoms with Gasteiger partial charge >= 0.3 is 0 Å². The van der Waals surface area contributed by atoms with Gasteiger partial charge in [-0.05, 0) is 37.8 Å². The molecule has 3 aromatic heterocycles. The number of aromatic nitrogens is 5. The van der Waals surface area contributed by atoms with Crippen LogP contribution in [0.5, 0.6) is 0 Å². The van der Waals surface area contributed by atoms with Gasteiger partial charge in [-0.15, -0.1) is 0 Å². The Bertz CT molecular complexity index is 891. The number of aliphatic hydroxyl groups excluding tert-OH is 1. The molecule has 1 atom stereocenters. The second-order valence-electron chi connectivity index (χ2n) is 6.63. The number of hydrogen-bond donors (Lipinski definition) is 1. The summed E-state index contributed by atoms with van der Waals surface area (Å²) in [7, 11) is 1.90. The number of pyridine rings is 1. The molecule has 1 unspecified atom stereocenters. The highest BCUT2D eigenvalue weighted by molar-refractivity contribution is 5.91. The maximum absolute atomic E-state index is 9.57. The van der Waals surface area contributed by atoms with Crippen molar-refractivity contribution in [2.45, 2.75) is 19.8 Å². The van der Waals surface area contributed by atoms with Crippen molar-refractivity contribution in [3.05, 3.63) is 30.1 Å². The summed E-state index contributed by atoms with van der Waals surface area (Å²) in [5.41, 5.74) is 2.49. The molecule has 0 amide bonds. The van der Waals surface area contributed by atoms with Crippen molar-refractivity contribution < 1.29 is 5.11 Å². The molecule has 25 heavy (non-hydrogen) atoms. The molecular weight excluding hydrogens is 316 g/mol. The van der Waals surface area contributed by atoms with Crippen molar-refractivity contribution in [1.82, 2.24) is 24.7 Å². The Morgan fingerprint density at radius 1 is 1.28 bits per heavy atom. The van der Waals surface area contributed by atoms with Gasteiger partial charge in [0.15, 0.2) is 11.5 Å². The van der Waals surface area contributed by atoms with Gasteiger partial charge in [0, 0.05) is 32.9 Å². The normalized spacial score (nSPS) is 18.0. The molecule has 4 rings (SSSR count). The van der Waals surface area contributed by atoms with E-state index in [1.165, 1.54) is 0 Å². The minimum absolute atomic E-state index is 0.212. The highest BCUT2D eigenvalue weighted by Crippen LogP contribution is 2.31. The summed E-state index contributed by atoms with van der Waals surface area (Å²) in [5, 5.41) is 15.1.